The highest BCUT2D eigenvalue weighted by Gasteiger charge is 2.43. The minimum absolute atomic E-state index is 0.153. The van der Waals surface area contributed by atoms with E-state index < -0.39 is 5.41 Å². The number of amides is 1. The first-order chi connectivity index (χ1) is 15.5. The van der Waals surface area contributed by atoms with E-state index in [0.29, 0.717) is 19.5 Å². The molecule has 1 aliphatic rings. The van der Waals surface area contributed by atoms with Crippen molar-refractivity contribution in [2.24, 2.45) is 5.41 Å². The summed E-state index contributed by atoms with van der Waals surface area (Å²) < 4.78 is 13.3. The summed E-state index contributed by atoms with van der Waals surface area (Å²) in [4.78, 5) is 25.9. The predicted octanol–water partition coefficient (Wildman–Crippen LogP) is 4.20. The first-order valence-electron chi connectivity index (χ1n) is 11.0. The van der Waals surface area contributed by atoms with Crippen LogP contribution in [0.5, 0.6) is 0 Å². The molecule has 2 aromatic carbocycles. The van der Waals surface area contributed by atoms with Gasteiger partial charge in [0.1, 0.15) is 12.1 Å². The van der Waals surface area contributed by atoms with Crippen LogP contribution in [0, 0.1) is 11.2 Å². The monoisotopic (exact) mass is 432 g/mol. The lowest BCUT2D eigenvalue weighted by atomic mass is 9.73. The number of hydrogen-bond acceptors (Lipinski definition) is 4. The van der Waals surface area contributed by atoms with Crippen molar-refractivity contribution in [2.45, 2.75) is 25.8 Å². The average molecular weight is 433 g/mol. The summed E-state index contributed by atoms with van der Waals surface area (Å²) in [5, 5.41) is 0. The van der Waals surface area contributed by atoms with Crippen LogP contribution in [-0.4, -0.2) is 52.9 Å². The van der Waals surface area contributed by atoms with Crippen LogP contribution in [0.15, 0.2) is 67.3 Å². The molecule has 1 atom stereocenters. The number of halogens is 1. The molecule has 1 unspecified atom stereocenters. The van der Waals surface area contributed by atoms with Gasteiger partial charge in [0.15, 0.2) is 0 Å². The highest BCUT2D eigenvalue weighted by molar-refractivity contribution is 5.83. The van der Waals surface area contributed by atoms with Gasteiger partial charge in [-0.1, -0.05) is 36.4 Å². The van der Waals surface area contributed by atoms with Crippen LogP contribution in [0.25, 0.3) is 11.1 Å². The molecule has 4 rings (SSSR count). The topological polar surface area (TPSA) is 49.3 Å². The van der Waals surface area contributed by atoms with Crippen molar-refractivity contribution >= 4 is 5.91 Å². The molecule has 6 heteroatoms. The minimum atomic E-state index is -0.520. The van der Waals surface area contributed by atoms with Gasteiger partial charge in [-0.15, -0.1) is 0 Å². The minimum Gasteiger partial charge on any atom is -0.348 e. The van der Waals surface area contributed by atoms with Gasteiger partial charge in [-0.05, 0) is 54.6 Å². The Bertz CT molecular complexity index is 1050. The lowest BCUT2D eigenvalue weighted by Gasteiger charge is -2.43. The third-order valence-corrected chi connectivity index (χ3v) is 6.25. The predicted molar refractivity (Wildman–Crippen MR) is 123 cm³/mol. The third kappa shape index (κ3) is 4.86. The van der Waals surface area contributed by atoms with Gasteiger partial charge >= 0.3 is 0 Å². The number of carbonyl (C=O) groups excluding carboxylic acids is 1. The molecule has 0 bridgehead atoms. The van der Waals surface area contributed by atoms with Crippen molar-refractivity contribution in [2.75, 3.05) is 27.2 Å². The number of piperidine rings is 1. The second kappa shape index (κ2) is 9.57. The zero-order valence-corrected chi connectivity index (χ0v) is 18.7. The summed E-state index contributed by atoms with van der Waals surface area (Å²) in [7, 11) is 3.67. The van der Waals surface area contributed by atoms with E-state index in [0.717, 1.165) is 41.6 Å². The van der Waals surface area contributed by atoms with Crippen LogP contribution in [0.4, 0.5) is 4.39 Å². The van der Waals surface area contributed by atoms with Crippen LogP contribution in [-0.2, 0) is 17.8 Å². The normalized spacial score (nSPS) is 19.0. The van der Waals surface area contributed by atoms with E-state index in [1.807, 2.05) is 50.8 Å². The quantitative estimate of drug-likeness (QED) is 0.586. The van der Waals surface area contributed by atoms with Crippen molar-refractivity contribution < 1.29 is 9.18 Å². The number of benzene rings is 2. The Morgan fingerprint density at radius 2 is 1.81 bits per heavy atom. The van der Waals surface area contributed by atoms with E-state index in [4.69, 9.17) is 0 Å². The summed E-state index contributed by atoms with van der Waals surface area (Å²) in [6.07, 6.45) is 7.58. The highest BCUT2D eigenvalue weighted by atomic mass is 19.1. The van der Waals surface area contributed by atoms with Gasteiger partial charge in [-0.3, -0.25) is 9.69 Å². The molecule has 3 aromatic rings. The second-order valence-corrected chi connectivity index (χ2v) is 8.88. The van der Waals surface area contributed by atoms with E-state index in [9.17, 15) is 9.18 Å². The summed E-state index contributed by atoms with van der Waals surface area (Å²) in [5.41, 5.74) is 3.68. The third-order valence-electron chi connectivity index (χ3n) is 6.25. The number of aromatic nitrogens is 2. The van der Waals surface area contributed by atoms with Gasteiger partial charge in [0, 0.05) is 45.1 Å². The average Bonchev–Trinajstić information content (AvgIpc) is 2.81. The number of rotatable bonds is 6. The van der Waals surface area contributed by atoms with E-state index >= 15 is 0 Å². The molecule has 166 valence electrons. The molecule has 1 amide bonds. The Hall–Kier alpha value is -3.12. The first-order valence-corrected chi connectivity index (χ1v) is 11.0. The molecule has 1 fully saturated rings. The van der Waals surface area contributed by atoms with E-state index in [1.165, 1.54) is 18.5 Å². The van der Waals surface area contributed by atoms with Crippen LogP contribution in [0.3, 0.4) is 0 Å². The van der Waals surface area contributed by atoms with Crippen LogP contribution < -0.4 is 0 Å². The summed E-state index contributed by atoms with van der Waals surface area (Å²) >= 11 is 0. The first kappa shape index (κ1) is 22.1. The van der Waals surface area contributed by atoms with E-state index in [1.54, 1.807) is 4.90 Å². The Kier molecular flexibility index (Phi) is 6.61. The fourth-order valence-electron chi connectivity index (χ4n) is 4.84. The second-order valence-electron chi connectivity index (χ2n) is 8.88. The maximum absolute atomic E-state index is 13.5. The molecule has 1 aliphatic heterocycles. The van der Waals surface area contributed by atoms with Gasteiger partial charge in [-0.25, -0.2) is 14.4 Å². The SMILES string of the molecule is CN(C)C(=O)C1(Cc2ccccc2-c2cncnc2)CCCN(Cc2ccc(F)cc2)C1. The van der Waals surface area contributed by atoms with Gasteiger partial charge in [0.05, 0.1) is 5.41 Å². The summed E-state index contributed by atoms with van der Waals surface area (Å²) in [6, 6.07) is 14.8. The molecule has 5 nitrogen and oxygen atoms in total. The standard InChI is InChI=1S/C26H29FN4O/c1-30(2)25(32)26(12-5-13-31(18-26)17-20-8-10-23(27)11-9-20)14-21-6-3-4-7-24(21)22-15-28-19-29-16-22/h3-4,6-11,15-16,19H,5,12-14,17-18H2,1-2H3. The van der Waals surface area contributed by atoms with Crippen LogP contribution in [0.1, 0.15) is 24.0 Å². The van der Waals surface area contributed by atoms with E-state index in [2.05, 4.69) is 27.0 Å². The Balaban J connectivity index is 1.64. The molecule has 2 heterocycles. The molecule has 0 aliphatic carbocycles. The Labute approximate surface area is 188 Å². The summed E-state index contributed by atoms with van der Waals surface area (Å²) in [5.74, 6) is -0.0774. The number of likely N-dealkylation sites (tertiary alicyclic amines) is 1. The zero-order chi connectivity index (χ0) is 22.6. The highest BCUT2D eigenvalue weighted by Crippen LogP contribution is 2.38. The molecule has 1 saturated heterocycles. The van der Waals surface area contributed by atoms with Gasteiger partial charge in [-0.2, -0.15) is 0 Å². The van der Waals surface area contributed by atoms with Crippen molar-refractivity contribution in [3.05, 3.63) is 84.2 Å². The van der Waals surface area contributed by atoms with Crippen LogP contribution in [0.2, 0.25) is 0 Å². The molecule has 1 aromatic heterocycles. The fraction of sp³-hybridized carbons (Fsp3) is 0.346. The smallest absolute Gasteiger partial charge is 0.229 e. The van der Waals surface area contributed by atoms with Crippen molar-refractivity contribution in [1.29, 1.82) is 0 Å². The van der Waals surface area contributed by atoms with Crippen molar-refractivity contribution in [3.8, 4) is 11.1 Å². The van der Waals surface area contributed by atoms with E-state index in [-0.39, 0.29) is 11.7 Å². The maximum Gasteiger partial charge on any atom is 0.229 e. The van der Waals surface area contributed by atoms with Crippen molar-refractivity contribution in [3.63, 3.8) is 0 Å². The molecule has 0 radical (unpaired) electrons. The van der Waals surface area contributed by atoms with Gasteiger partial charge < -0.3 is 4.90 Å². The van der Waals surface area contributed by atoms with Crippen LogP contribution >= 0.6 is 0 Å². The number of nitrogens with zero attached hydrogens (tertiary/aromatic N) is 4. The summed E-state index contributed by atoms with van der Waals surface area (Å²) in [6.45, 7) is 2.30. The molecule has 0 spiro atoms. The fourth-order valence-corrected chi connectivity index (χ4v) is 4.84. The Morgan fingerprint density at radius 1 is 1.09 bits per heavy atom. The lowest BCUT2D eigenvalue weighted by molar-refractivity contribution is -0.143. The largest absolute Gasteiger partial charge is 0.348 e. The zero-order valence-electron chi connectivity index (χ0n) is 18.7. The van der Waals surface area contributed by atoms with Crippen molar-refractivity contribution in [1.82, 2.24) is 19.8 Å². The molecule has 0 saturated carbocycles. The maximum atomic E-state index is 13.5. The molecular formula is C26H29FN4O. The molecular weight excluding hydrogens is 403 g/mol. The molecule has 32 heavy (non-hydrogen) atoms. The number of hydrogen-bond donors (Lipinski definition) is 0. The lowest BCUT2D eigenvalue weighted by Crippen LogP contribution is -2.52. The van der Waals surface area contributed by atoms with Gasteiger partial charge in [0.2, 0.25) is 5.91 Å². The number of carbonyl (C=O) groups is 1. The Morgan fingerprint density at radius 3 is 2.53 bits per heavy atom. The molecule has 0 N–H and O–H groups in total. The van der Waals surface area contributed by atoms with Gasteiger partial charge in [0.25, 0.3) is 0 Å².